The van der Waals surface area contributed by atoms with E-state index < -0.39 is 0 Å². The Morgan fingerprint density at radius 2 is 1.76 bits per heavy atom. The van der Waals surface area contributed by atoms with E-state index >= 15 is 0 Å². The molecule has 1 atom stereocenters. The van der Waals surface area contributed by atoms with E-state index in [9.17, 15) is 5.26 Å². The van der Waals surface area contributed by atoms with Crippen LogP contribution in [0.4, 0.5) is 5.69 Å². The van der Waals surface area contributed by atoms with Gasteiger partial charge in [-0.15, -0.1) is 0 Å². The zero-order valence-corrected chi connectivity index (χ0v) is 16.3. The Morgan fingerprint density at radius 3 is 2.45 bits per heavy atom. The summed E-state index contributed by atoms with van der Waals surface area (Å²) in [5.74, 6) is 0.571. The van der Waals surface area contributed by atoms with Gasteiger partial charge in [0.1, 0.15) is 6.07 Å². The highest BCUT2D eigenvalue weighted by Crippen LogP contribution is 2.32. The van der Waals surface area contributed by atoms with Gasteiger partial charge in [-0.05, 0) is 36.2 Å². The molecule has 1 unspecified atom stereocenters. The molecule has 0 aliphatic rings. The van der Waals surface area contributed by atoms with Crippen LogP contribution in [0.15, 0.2) is 73.1 Å². The van der Waals surface area contributed by atoms with Crippen LogP contribution in [0.1, 0.15) is 24.1 Å². The monoisotopic (exact) mass is 380 g/mol. The van der Waals surface area contributed by atoms with Gasteiger partial charge in [-0.3, -0.25) is 4.98 Å². The fraction of sp³-hybridized carbons (Fsp3) is 0.125. The third-order valence-electron chi connectivity index (χ3n) is 4.93. The van der Waals surface area contributed by atoms with E-state index in [4.69, 9.17) is 4.74 Å². The molecule has 0 radical (unpaired) electrons. The number of nitriles is 1. The van der Waals surface area contributed by atoms with Crippen molar-refractivity contribution in [1.29, 1.82) is 5.26 Å². The molecule has 1 N–H and O–H groups in total. The second-order valence-corrected chi connectivity index (χ2v) is 6.76. The summed E-state index contributed by atoms with van der Waals surface area (Å²) in [7, 11) is 1.60. The van der Waals surface area contributed by atoms with Crippen LogP contribution in [0.25, 0.3) is 22.0 Å². The van der Waals surface area contributed by atoms with Crippen LogP contribution in [-0.2, 0) is 0 Å². The maximum Gasteiger partial charge on any atom is 0.212 e. The molecule has 142 valence electrons. The molecule has 4 aromatic rings. The normalized spacial score (nSPS) is 11.6. The predicted octanol–water partition coefficient (Wildman–Crippen LogP) is 5.35. The van der Waals surface area contributed by atoms with Gasteiger partial charge in [-0.25, -0.2) is 4.98 Å². The van der Waals surface area contributed by atoms with Gasteiger partial charge in [-0.1, -0.05) is 36.4 Å². The molecule has 0 amide bonds. The molecule has 0 bridgehead atoms. The summed E-state index contributed by atoms with van der Waals surface area (Å²) in [6.07, 6.45) is 3.40. The highest BCUT2D eigenvalue weighted by molar-refractivity contribution is 5.96. The van der Waals surface area contributed by atoms with Crippen molar-refractivity contribution < 1.29 is 4.74 Å². The first-order valence-corrected chi connectivity index (χ1v) is 9.34. The van der Waals surface area contributed by atoms with Gasteiger partial charge < -0.3 is 10.1 Å². The highest BCUT2D eigenvalue weighted by Gasteiger charge is 2.14. The van der Waals surface area contributed by atoms with Crippen molar-refractivity contribution in [3.8, 4) is 23.1 Å². The van der Waals surface area contributed by atoms with E-state index in [1.807, 2.05) is 48.5 Å². The molecule has 0 aliphatic carbocycles. The molecule has 2 heterocycles. The maximum atomic E-state index is 9.65. The van der Waals surface area contributed by atoms with Crippen LogP contribution >= 0.6 is 0 Å². The smallest absolute Gasteiger partial charge is 0.212 e. The summed E-state index contributed by atoms with van der Waals surface area (Å²) in [6.45, 7) is 2.08. The molecule has 0 saturated heterocycles. The summed E-state index contributed by atoms with van der Waals surface area (Å²) >= 11 is 0. The molecule has 29 heavy (non-hydrogen) atoms. The van der Waals surface area contributed by atoms with Crippen LogP contribution in [0.3, 0.4) is 0 Å². The number of benzene rings is 2. The van der Waals surface area contributed by atoms with Gasteiger partial charge in [0.25, 0.3) is 0 Å². The van der Waals surface area contributed by atoms with Crippen molar-refractivity contribution in [2.75, 3.05) is 12.4 Å². The van der Waals surface area contributed by atoms with Crippen molar-refractivity contribution in [2.45, 2.75) is 13.0 Å². The van der Waals surface area contributed by atoms with Gasteiger partial charge in [0.05, 0.1) is 23.9 Å². The Hall–Kier alpha value is -3.91. The van der Waals surface area contributed by atoms with Gasteiger partial charge >= 0.3 is 0 Å². The van der Waals surface area contributed by atoms with Crippen molar-refractivity contribution >= 4 is 16.6 Å². The standard InChI is InChI=1S/C24H20N4O/c1-16(17-6-4-3-5-7-17)28-24-20(13-25)15-26-22-10-8-18(12-21(22)24)19-9-11-23(29-2)27-14-19/h3-12,14-16H,1-2H3,(H,26,28). The van der Waals surface area contributed by atoms with Crippen LogP contribution in [0.5, 0.6) is 5.88 Å². The minimum absolute atomic E-state index is 0.0419. The molecule has 0 spiro atoms. The topological polar surface area (TPSA) is 70.8 Å². The Kier molecular flexibility index (Phi) is 5.08. The first-order valence-electron chi connectivity index (χ1n) is 9.34. The number of ether oxygens (including phenoxy) is 1. The Morgan fingerprint density at radius 1 is 0.966 bits per heavy atom. The molecule has 0 saturated carbocycles. The number of nitrogens with one attached hydrogen (secondary N) is 1. The van der Waals surface area contributed by atoms with E-state index in [1.54, 1.807) is 19.5 Å². The Balaban J connectivity index is 1.80. The second kappa shape index (κ2) is 7.99. The minimum atomic E-state index is 0.0419. The van der Waals surface area contributed by atoms with Gasteiger partial charge in [0.15, 0.2) is 0 Å². The average molecular weight is 380 g/mol. The molecular weight excluding hydrogens is 360 g/mol. The lowest BCUT2D eigenvalue weighted by atomic mass is 10.0. The lowest BCUT2D eigenvalue weighted by Crippen LogP contribution is -2.08. The number of nitrogens with zero attached hydrogens (tertiary/aromatic N) is 3. The summed E-state index contributed by atoms with van der Waals surface area (Å²) in [5.41, 5.74) is 5.26. The van der Waals surface area contributed by atoms with Gasteiger partial charge in [0.2, 0.25) is 5.88 Å². The molecule has 4 rings (SSSR count). The largest absolute Gasteiger partial charge is 0.481 e. The van der Waals surface area contributed by atoms with Crippen molar-refractivity contribution in [2.24, 2.45) is 0 Å². The number of methoxy groups -OCH3 is 1. The van der Waals surface area contributed by atoms with Crippen LogP contribution < -0.4 is 10.1 Å². The van der Waals surface area contributed by atoms with Crippen LogP contribution in [0.2, 0.25) is 0 Å². The zero-order chi connectivity index (χ0) is 20.2. The molecule has 5 nitrogen and oxygen atoms in total. The molecule has 2 aromatic carbocycles. The molecule has 0 aliphatic heterocycles. The number of aromatic nitrogens is 2. The third kappa shape index (κ3) is 3.74. The van der Waals surface area contributed by atoms with Gasteiger partial charge in [0, 0.05) is 35.5 Å². The first kappa shape index (κ1) is 18.5. The lowest BCUT2D eigenvalue weighted by molar-refractivity contribution is 0.398. The van der Waals surface area contributed by atoms with Crippen LogP contribution in [0, 0.1) is 11.3 Å². The number of rotatable bonds is 5. The molecule has 2 aromatic heterocycles. The number of hydrogen-bond donors (Lipinski definition) is 1. The van der Waals surface area contributed by atoms with E-state index in [0.29, 0.717) is 11.4 Å². The molecule has 5 heteroatoms. The number of fused-ring (bicyclic) bond motifs is 1. The third-order valence-corrected chi connectivity index (χ3v) is 4.93. The first-order chi connectivity index (χ1) is 14.2. The summed E-state index contributed by atoms with van der Waals surface area (Å²) in [5, 5.41) is 14.1. The predicted molar refractivity (Wildman–Crippen MR) is 115 cm³/mol. The summed E-state index contributed by atoms with van der Waals surface area (Å²) in [6, 6.07) is 22.3. The van der Waals surface area contributed by atoms with Crippen molar-refractivity contribution in [1.82, 2.24) is 9.97 Å². The van der Waals surface area contributed by atoms with E-state index in [1.165, 1.54) is 0 Å². The number of hydrogen-bond acceptors (Lipinski definition) is 5. The number of pyridine rings is 2. The van der Waals surface area contributed by atoms with Crippen molar-refractivity contribution in [3.05, 3.63) is 84.2 Å². The quantitative estimate of drug-likeness (QED) is 0.505. The second-order valence-electron chi connectivity index (χ2n) is 6.76. The van der Waals surface area contributed by atoms with E-state index in [0.717, 1.165) is 33.3 Å². The highest BCUT2D eigenvalue weighted by atomic mass is 16.5. The Labute approximate surface area is 169 Å². The summed E-state index contributed by atoms with van der Waals surface area (Å²) in [4.78, 5) is 8.75. The average Bonchev–Trinajstić information content (AvgIpc) is 2.79. The van der Waals surface area contributed by atoms with Crippen LogP contribution in [-0.4, -0.2) is 17.1 Å². The fourth-order valence-corrected chi connectivity index (χ4v) is 3.33. The van der Waals surface area contributed by atoms with Gasteiger partial charge in [-0.2, -0.15) is 5.26 Å². The van der Waals surface area contributed by atoms with E-state index in [2.05, 4.69) is 40.4 Å². The SMILES string of the molecule is COc1ccc(-c2ccc3ncc(C#N)c(NC(C)c4ccccc4)c3c2)cn1. The molecule has 0 fully saturated rings. The van der Waals surface area contributed by atoms with Crippen molar-refractivity contribution in [3.63, 3.8) is 0 Å². The zero-order valence-electron chi connectivity index (χ0n) is 16.3. The minimum Gasteiger partial charge on any atom is -0.481 e. The Bertz CT molecular complexity index is 1180. The fourth-order valence-electron chi connectivity index (χ4n) is 3.33. The summed E-state index contributed by atoms with van der Waals surface area (Å²) < 4.78 is 5.14. The maximum absolute atomic E-state index is 9.65. The van der Waals surface area contributed by atoms with E-state index in [-0.39, 0.29) is 6.04 Å². The number of anilines is 1. The lowest BCUT2D eigenvalue weighted by Gasteiger charge is -2.18. The molecular formula is C24H20N4O.